The molecule has 0 amide bonds. The van der Waals surface area contributed by atoms with Gasteiger partial charge in [-0.1, -0.05) is 25.3 Å². The molecule has 35 heavy (non-hydrogen) atoms. The van der Waals surface area contributed by atoms with Crippen molar-refractivity contribution in [2.75, 3.05) is 40.8 Å². The van der Waals surface area contributed by atoms with E-state index in [1.54, 1.807) is 12.1 Å². The third-order valence-electron chi connectivity index (χ3n) is 7.76. The third kappa shape index (κ3) is 4.74. The van der Waals surface area contributed by atoms with Gasteiger partial charge in [0.1, 0.15) is 5.82 Å². The van der Waals surface area contributed by atoms with Gasteiger partial charge in [-0.2, -0.15) is 0 Å². The van der Waals surface area contributed by atoms with Crippen LogP contribution in [0.25, 0.3) is 22.2 Å². The van der Waals surface area contributed by atoms with Gasteiger partial charge in [0.25, 0.3) is 0 Å². The Morgan fingerprint density at radius 2 is 1.89 bits per heavy atom. The van der Waals surface area contributed by atoms with Crippen LogP contribution in [0.2, 0.25) is 0 Å². The van der Waals surface area contributed by atoms with E-state index >= 15 is 0 Å². The standard InChI is InChI=1S/C29H36FN3O2/c1-31(2)13-14-32-15-16-33-26-18-21(29(34)35-3)9-11-25(26)27(20-7-5-4-6-8-20)28(33)24-12-10-23(30)17-22(24)19-32/h9-12,17-18,20H,4-8,13-16,19H2,1-3H3. The van der Waals surface area contributed by atoms with Crippen molar-refractivity contribution in [2.24, 2.45) is 0 Å². The number of benzene rings is 2. The molecule has 0 bridgehead atoms. The molecule has 6 heteroatoms. The van der Waals surface area contributed by atoms with Crippen LogP contribution in [-0.2, 0) is 17.8 Å². The van der Waals surface area contributed by atoms with E-state index in [1.165, 1.54) is 55.9 Å². The molecule has 1 aliphatic carbocycles. The number of carbonyl (C=O) groups excluding carboxylic acids is 1. The highest BCUT2D eigenvalue weighted by Gasteiger charge is 2.29. The lowest BCUT2D eigenvalue weighted by Crippen LogP contribution is -2.35. The highest BCUT2D eigenvalue weighted by atomic mass is 19.1. The number of nitrogens with zero attached hydrogens (tertiary/aromatic N) is 3. The topological polar surface area (TPSA) is 37.7 Å². The van der Waals surface area contributed by atoms with Crippen molar-refractivity contribution < 1.29 is 13.9 Å². The lowest BCUT2D eigenvalue weighted by atomic mass is 9.81. The summed E-state index contributed by atoms with van der Waals surface area (Å²) in [5.74, 6) is -0.0250. The lowest BCUT2D eigenvalue weighted by molar-refractivity contribution is 0.0601. The molecule has 1 aliphatic heterocycles. The Labute approximate surface area is 207 Å². The molecule has 5 nitrogen and oxygen atoms in total. The summed E-state index contributed by atoms with van der Waals surface area (Å²) in [5, 5.41) is 1.22. The van der Waals surface area contributed by atoms with E-state index in [-0.39, 0.29) is 11.8 Å². The highest BCUT2D eigenvalue weighted by molar-refractivity contribution is 5.99. The maximum atomic E-state index is 14.5. The van der Waals surface area contributed by atoms with Gasteiger partial charge in [0, 0.05) is 49.2 Å². The van der Waals surface area contributed by atoms with Crippen LogP contribution in [-0.4, -0.2) is 61.2 Å². The van der Waals surface area contributed by atoms with Crippen LogP contribution in [0.3, 0.4) is 0 Å². The fourth-order valence-electron chi connectivity index (χ4n) is 5.97. The van der Waals surface area contributed by atoms with Crippen LogP contribution in [0.1, 0.15) is 59.5 Å². The first-order valence-electron chi connectivity index (χ1n) is 12.9. The van der Waals surface area contributed by atoms with Gasteiger partial charge in [0.15, 0.2) is 0 Å². The minimum Gasteiger partial charge on any atom is -0.465 e. The first kappa shape index (κ1) is 24.0. The van der Waals surface area contributed by atoms with Crippen molar-refractivity contribution in [3.05, 3.63) is 58.9 Å². The second kappa shape index (κ2) is 10.1. The van der Waals surface area contributed by atoms with Crippen LogP contribution in [0, 0.1) is 5.82 Å². The van der Waals surface area contributed by atoms with E-state index in [0.717, 1.165) is 49.4 Å². The molecule has 186 valence electrons. The Hall–Kier alpha value is -2.70. The van der Waals surface area contributed by atoms with Crippen molar-refractivity contribution in [3.8, 4) is 11.3 Å². The van der Waals surface area contributed by atoms with Crippen LogP contribution in [0.4, 0.5) is 4.39 Å². The molecule has 0 unspecified atom stereocenters. The molecule has 5 rings (SSSR count). The third-order valence-corrected chi connectivity index (χ3v) is 7.76. The Morgan fingerprint density at radius 3 is 2.63 bits per heavy atom. The minimum atomic E-state index is -0.317. The van der Waals surface area contributed by atoms with Gasteiger partial charge < -0.3 is 14.2 Å². The molecule has 3 aromatic rings. The zero-order valence-electron chi connectivity index (χ0n) is 21.1. The molecule has 2 aliphatic rings. The number of ether oxygens (including phenoxy) is 1. The van der Waals surface area contributed by atoms with Gasteiger partial charge in [-0.15, -0.1) is 0 Å². The van der Waals surface area contributed by atoms with E-state index in [9.17, 15) is 9.18 Å². The number of carbonyl (C=O) groups is 1. The molecule has 2 aromatic carbocycles. The number of aromatic nitrogens is 1. The number of rotatable bonds is 5. The van der Waals surface area contributed by atoms with Crippen molar-refractivity contribution in [1.29, 1.82) is 0 Å². The summed E-state index contributed by atoms with van der Waals surface area (Å²) in [6, 6.07) is 11.3. The Morgan fingerprint density at radius 1 is 1.09 bits per heavy atom. The fraction of sp³-hybridized carbons (Fsp3) is 0.483. The highest BCUT2D eigenvalue weighted by Crippen LogP contribution is 2.45. The predicted octanol–water partition coefficient (Wildman–Crippen LogP) is 5.66. The molecular formula is C29H36FN3O2. The summed E-state index contributed by atoms with van der Waals surface area (Å²) < 4.78 is 21.9. The molecular weight excluding hydrogens is 441 g/mol. The summed E-state index contributed by atoms with van der Waals surface area (Å²) in [6.45, 7) is 4.30. The predicted molar refractivity (Wildman–Crippen MR) is 138 cm³/mol. The first-order valence-corrected chi connectivity index (χ1v) is 12.9. The molecule has 0 spiro atoms. The first-order chi connectivity index (χ1) is 17.0. The lowest BCUT2D eigenvalue weighted by Gasteiger charge is -2.30. The van der Waals surface area contributed by atoms with Gasteiger partial charge in [-0.25, -0.2) is 9.18 Å². The van der Waals surface area contributed by atoms with Crippen molar-refractivity contribution in [1.82, 2.24) is 14.4 Å². The monoisotopic (exact) mass is 477 g/mol. The normalized spacial score (nSPS) is 17.2. The number of fused-ring (bicyclic) bond motifs is 5. The summed E-state index contributed by atoms with van der Waals surface area (Å²) >= 11 is 0. The van der Waals surface area contributed by atoms with Gasteiger partial charge in [0.2, 0.25) is 0 Å². The van der Waals surface area contributed by atoms with E-state index in [4.69, 9.17) is 4.74 Å². The molecule has 0 saturated heterocycles. The van der Waals surface area contributed by atoms with E-state index in [2.05, 4.69) is 34.5 Å². The molecule has 2 heterocycles. The summed E-state index contributed by atoms with van der Waals surface area (Å²) in [4.78, 5) is 17.0. The SMILES string of the molecule is COC(=O)c1ccc2c(C3CCCCC3)c3n(c2c1)CCN(CCN(C)C)Cc1cc(F)ccc1-3. The summed E-state index contributed by atoms with van der Waals surface area (Å²) in [7, 11) is 5.59. The van der Waals surface area contributed by atoms with Crippen LogP contribution in [0.15, 0.2) is 36.4 Å². The molecule has 0 atom stereocenters. The van der Waals surface area contributed by atoms with Crippen LogP contribution < -0.4 is 0 Å². The molecule has 0 radical (unpaired) electrons. The molecule has 1 fully saturated rings. The zero-order chi connectivity index (χ0) is 24.5. The van der Waals surface area contributed by atoms with E-state index in [0.29, 0.717) is 11.5 Å². The Balaban J connectivity index is 1.73. The molecule has 1 aromatic heterocycles. The van der Waals surface area contributed by atoms with Crippen molar-refractivity contribution in [3.63, 3.8) is 0 Å². The Kier molecular flexibility index (Phi) is 6.94. The Bertz CT molecular complexity index is 1230. The molecule has 0 N–H and O–H groups in total. The number of methoxy groups -OCH3 is 1. The number of hydrogen-bond donors (Lipinski definition) is 0. The average molecular weight is 478 g/mol. The smallest absolute Gasteiger partial charge is 0.337 e. The van der Waals surface area contributed by atoms with Crippen LogP contribution in [0.5, 0.6) is 0 Å². The number of hydrogen-bond acceptors (Lipinski definition) is 4. The van der Waals surface area contributed by atoms with Crippen molar-refractivity contribution >= 4 is 16.9 Å². The quantitative estimate of drug-likeness (QED) is 0.445. The number of halogens is 1. The summed E-state index contributed by atoms with van der Waals surface area (Å²) in [5.41, 5.74) is 6.41. The summed E-state index contributed by atoms with van der Waals surface area (Å²) in [6.07, 6.45) is 6.13. The average Bonchev–Trinajstić information content (AvgIpc) is 3.17. The minimum absolute atomic E-state index is 0.188. The van der Waals surface area contributed by atoms with E-state index in [1.807, 2.05) is 18.2 Å². The molecule has 1 saturated carbocycles. The van der Waals surface area contributed by atoms with Gasteiger partial charge in [-0.05, 0) is 74.3 Å². The second-order valence-electron chi connectivity index (χ2n) is 10.4. The second-order valence-corrected chi connectivity index (χ2v) is 10.4. The maximum absolute atomic E-state index is 14.5. The maximum Gasteiger partial charge on any atom is 0.337 e. The van der Waals surface area contributed by atoms with Crippen molar-refractivity contribution in [2.45, 2.75) is 51.1 Å². The van der Waals surface area contributed by atoms with Gasteiger partial charge in [0.05, 0.1) is 18.4 Å². The largest absolute Gasteiger partial charge is 0.465 e. The van der Waals surface area contributed by atoms with E-state index < -0.39 is 0 Å². The van der Waals surface area contributed by atoms with Gasteiger partial charge >= 0.3 is 5.97 Å². The zero-order valence-corrected chi connectivity index (χ0v) is 21.1. The van der Waals surface area contributed by atoms with Gasteiger partial charge in [-0.3, -0.25) is 4.90 Å². The van der Waals surface area contributed by atoms with Crippen LogP contribution >= 0.6 is 0 Å². The number of likely N-dealkylation sites (N-methyl/N-ethyl adjacent to an activating group) is 1. The number of esters is 1. The fourth-order valence-corrected chi connectivity index (χ4v) is 5.97.